The fourth-order valence-electron chi connectivity index (χ4n) is 2.39. The Kier molecular flexibility index (Phi) is 9.58. The lowest BCUT2D eigenvalue weighted by Gasteiger charge is -2.09. The van der Waals surface area contributed by atoms with Crippen LogP contribution in [0, 0.1) is 0 Å². The highest BCUT2D eigenvalue weighted by molar-refractivity contribution is 5.99. The number of nitrogens with zero attached hydrogens (tertiary/aromatic N) is 1. The number of hydrazone groups is 1. The largest absolute Gasteiger partial charge is 0.493 e. The Morgan fingerprint density at radius 2 is 1.71 bits per heavy atom. The quantitative estimate of drug-likeness (QED) is 0.373. The lowest BCUT2D eigenvalue weighted by atomic mass is 10.1. The topological polar surface area (TPSA) is 59.9 Å². The maximum Gasteiger partial charge on any atom is 0.240 e. The predicted octanol–water partition coefficient (Wildman–Crippen LogP) is 4.29. The van der Waals surface area contributed by atoms with E-state index in [1.54, 1.807) is 14.2 Å². The smallest absolute Gasteiger partial charge is 0.240 e. The first-order valence-electron chi connectivity index (χ1n) is 8.67. The summed E-state index contributed by atoms with van der Waals surface area (Å²) in [5, 5.41) is 4.17. The second-order valence-corrected chi connectivity index (χ2v) is 5.82. The van der Waals surface area contributed by atoms with Crippen molar-refractivity contribution in [1.82, 2.24) is 5.43 Å². The molecule has 0 heterocycles. The lowest BCUT2D eigenvalue weighted by molar-refractivity contribution is -0.121. The van der Waals surface area contributed by atoms with Gasteiger partial charge in [0.25, 0.3) is 0 Å². The Bertz CT molecular complexity index is 541. The van der Waals surface area contributed by atoms with E-state index in [0.29, 0.717) is 17.9 Å². The summed E-state index contributed by atoms with van der Waals surface area (Å²) in [6.07, 6.45) is 7.52. The zero-order valence-corrected chi connectivity index (χ0v) is 15.4. The van der Waals surface area contributed by atoms with Gasteiger partial charge in [-0.2, -0.15) is 5.10 Å². The number of hydrogen-bond acceptors (Lipinski definition) is 4. The van der Waals surface area contributed by atoms with E-state index in [1.165, 1.54) is 25.7 Å². The van der Waals surface area contributed by atoms with Gasteiger partial charge in [-0.05, 0) is 31.5 Å². The third-order valence-corrected chi connectivity index (χ3v) is 3.91. The van der Waals surface area contributed by atoms with Gasteiger partial charge in [-0.15, -0.1) is 0 Å². The molecule has 0 aliphatic carbocycles. The molecule has 1 N–H and O–H groups in total. The fraction of sp³-hybridized carbons (Fsp3) is 0.579. The second kappa shape index (κ2) is 11.5. The minimum absolute atomic E-state index is 0.0367. The third kappa shape index (κ3) is 7.02. The number of carbonyl (C=O) groups is 1. The van der Waals surface area contributed by atoms with Crippen LogP contribution in [0.2, 0.25) is 0 Å². The number of amides is 1. The Morgan fingerprint density at radius 3 is 2.38 bits per heavy atom. The number of carbonyl (C=O) groups excluding carboxylic acids is 1. The number of unbranched alkanes of at least 4 members (excludes halogenated alkanes) is 5. The standard InChI is InChI=1S/C19H30N2O3/c1-5-6-7-8-9-10-11-19(22)21-20-15(2)16-12-13-17(23-3)18(14-16)24-4/h12-14H,5-11H2,1-4H3,(H,21,22). The van der Waals surface area contributed by atoms with Crippen LogP contribution in [-0.4, -0.2) is 25.8 Å². The molecule has 1 amide bonds. The molecular weight excluding hydrogens is 304 g/mol. The van der Waals surface area contributed by atoms with E-state index in [-0.39, 0.29) is 5.91 Å². The molecule has 1 aromatic rings. The van der Waals surface area contributed by atoms with Gasteiger partial charge in [-0.25, -0.2) is 5.43 Å². The first kappa shape index (κ1) is 20.0. The molecule has 0 aliphatic heterocycles. The summed E-state index contributed by atoms with van der Waals surface area (Å²) in [4.78, 5) is 11.8. The third-order valence-electron chi connectivity index (χ3n) is 3.91. The average molecular weight is 334 g/mol. The number of benzene rings is 1. The van der Waals surface area contributed by atoms with Crippen molar-refractivity contribution in [2.75, 3.05) is 14.2 Å². The Hall–Kier alpha value is -2.04. The van der Waals surface area contributed by atoms with Crippen LogP contribution in [0.3, 0.4) is 0 Å². The van der Waals surface area contributed by atoms with Crippen LogP contribution < -0.4 is 14.9 Å². The van der Waals surface area contributed by atoms with E-state index in [2.05, 4.69) is 17.5 Å². The second-order valence-electron chi connectivity index (χ2n) is 5.82. The van der Waals surface area contributed by atoms with Crippen molar-refractivity contribution in [3.8, 4) is 11.5 Å². The minimum atomic E-state index is -0.0367. The summed E-state index contributed by atoms with van der Waals surface area (Å²) >= 11 is 0. The summed E-state index contributed by atoms with van der Waals surface area (Å²) in [5.41, 5.74) is 4.24. The number of methoxy groups -OCH3 is 2. The van der Waals surface area contributed by atoms with Crippen LogP contribution in [0.15, 0.2) is 23.3 Å². The van der Waals surface area contributed by atoms with Crippen molar-refractivity contribution in [2.45, 2.75) is 58.8 Å². The van der Waals surface area contributed by atoms with E-state index >= 15 is 0 Å². The minimum Gasteiger partial charge on any atom is -0.493 e. The molecule has 1 aromatic carbocycles. The molecule has 0 unspecified atom stereocenters. The number of rotatable bonds is 11. The summed E-state index contributed by atoms with van der Waals surface area (Å²) in [6, 6.07) is 5.56. The Balaban J connectivity index is 2.44. The zero-order valence-electron chi connectivity index (χ0n) is 15.4. The molecule has 24 heavy (non-hydrogen) atoms. The summed E-state index contributed by atoms with van der Waals surface area (Å²) in [5.74, 6) is 1.27. The number of hydrogen-bond donors (Lipinski definition) is 1. The van der Waals surface area contributed by atoms with Gasteiger partial charge < -0.3 is 9.47 Å². The van der Waals surface area contributed by atoms with Crippen LogP contribution in [0.5, 0.6) is 11.5 Å². The van der Waals surface area contributed by atoms with Gasteiger partial charge in [0.05, 0.1) is 19.9 Å². The molecule has 0 saturated carbocycles. The molecule has 0 aliphatic rings. The molecule has 5 nitrogen and oxygen atoms in total. The fourth-order valence-corrected chi connectivity index (χ4v) is 2.39. The van der Waals surface area contributed by atoms with Gasteiger partial charge in [-0.1, -0.05) is 39.0 Å². The average Bonchev–Trinajstić information content (AvgIpc) is 2.61. The molecule has 0 aromatic heterocycles. The SMILES string of the molecule is CCCCCCCCC(=O)NN=C(C)c1ccc(OC)c(OC)c1. The van der Waals surface area contributed by atoms with Gasteiger partial charge in [0.1, 0.15) is 0 Å². The normalized spacial score (nSPS) is 11.2. The Labute approximate surface area is 145 Å². The maximum atomic E-state index is 11.8. The summed E-state index contributed by atoms with van der Waals surface area (Å²) < 4.78 is 10.5. The van der Waals surface area contributed by atoms with Crippen LogP contribution in [-0.2, 0) is 4.79 Å². The van der Waals surface area contributed by atoms with Crippen molar-refractivity contribution >= 4 is 11.6 Å². The molecule has 1 rings (SSSR count). The molecule has 0 fully saturated rings. The maximum absolute atomic E-state index is 11.8. The summed E-state index contributed by atoms with van der Waals surface area (Å²) in [7, 11) is 3.19. The predicted molar refractivity (Wildman–Crippen MR) is 97.9 cm³/mol. The monoisotopic (exact) mass is 334 g/mol. The highest BCUT2D eigenvalue weighted by Gasteiger charge is 2.07. The lowest BCUT2D eigenvalue weighted by Crippen LogP contribution is -2.18. The van der Waals surface area contributed by atoms with Crippen molar-refractivity contribution < 1.29 is 14.3 Å². The van der Waals surface area contributed by atoms with Crippen molar-refractivity contribution in [1.29, 1.82) is 0 Å². The zero-order chi connectivity index (χ0) is 17.8. The van der Waals surface area contributed by atoms with Gasteiger partial charge in [-0.3, -0.25) is 4.79 Å². The molecule has 0 radical (unpaired) electrons. The first-order valence-corrected chi connectivity index (χ1v) is 8.67. The van der Waals surface area contributed by atoms with E-state index in [0.717, 1.165) is 24.1 Å². The molecule has 0 saturated heterocycles. The molecular formula is C19H30N2O3. The number of nitrogens with one attached hydrogen (secondary N) is 1. The van der Waals surface area contributed by atoms with Crippen molar-refractivity contribution in [2.24, 2.45) is 5.10 Å². The Morgan fingerprint density at radius 1 is 1.04 bits per heavy atom. The summed E-state index contributed by atoms with van der Waals surface area (Å²) in [6.45, 7) is 4.05. The molecule has 0 bridgehead atoms. The molecule has 0 spiro atoms. The highest BCUT2D eigenvalue weighted by atomic mass is 16.5. The van der Waals surface area contributed by atoms with E-state index in [9.17, 15) is 4.79 Å². The van der Waals surface area contributed by atoms with Crippen LogP contribution in [0.4, 0.5) is 0 Å². The first-order chi connectivity index (χ1) is 11.6. The van der Waals surface area contributed by atoms with Crippen LogP contribution in [0.25, 0.3) is 0 Å². The molecule has 5 heteroatoms. The van der Waals surface area contributed by atoms with Crippen LogP contribution >= 0.6 is 0 Å². The number of ether oxygens (including phenoxy) is 2. The van der Waals surface area contributed by atoms with Gasteiger partial charge in [0.15, 0.2) is 11.5 Å². The van der Waals surface area contributed by atoms with Gasteiger partial charge in [0, 0.05) is 12.0 Å². The van der Waals surface area contributed by atoms with Gasteiger partial charge in [0.2, 0.25) is 5.91 Å². The van der Waals surface area contributed by atoms with Crippen molar-refractivity contribution in [3.05, 3.63) is 23.8 Å². The van der Waals surface area contributed by atoms with E-state index < -0.39 is 0 Å². The van der Waals surface area contributed by atoms with Crippen molar-refractivity contribution in [3.63, 3.8) is 0 Å². The van der Waals surface area contributed by atoms with E-state index in [4.69, 9.17) is 9.47 Å². The van der Waals surface area contributed by atoms with Gasteiger partial charge >= 0.3 is 0 Å². The molecule has 0 atom stereocenters. The molecule has 134 valence electrons. The van der Waals surface area contributed by atoms with Crippen LogP contribution in [0.1, 0.15) is 64.4 Å². The highest BCUT2D eigenvalue weighted by Crippen LogP contribution is 2.27. The van der Waals surface area contributed by atoms with E-state index in [1.807, 2.05) is 25.1 Å².